The second-order valence-electron chi connectivity index (χ2n) is 13.9. The van der Waals surface area contributed by atoms with Gasteiger partial charge in [-0.15, -0.1) is 0 Å². The van der Waals surface area contributed by atoms with Crippen molar-refractivity contribution in [1.29, 1.82) is 0 Å². The predicted molar refractivity (Wildman–Crippen MR) is 193 cm³/mol. The van der Waals surface area contributed by atoms with Gasteiger partial charge in [0.05, 0.1) is 12.8 Å². The summed E-state index contributed by atoms with van der Waals surface area (Å²) < 4.78 is 17.2. The van der Waals surface area contributed by atoms with Gasteiger partial charge in [0.25, 0.3) is 0 Å². The van der Waals surface area contributed by atoms with Crippen molar-refractivity contribution in [3.8, 4) is 35.0 Å². The molecule has 1 heterocycles. The molecule has 270 valence electrons. The van der Waals surface area contributed by atoms with E-state index in [9.17, 15) is 20.1 Å². The van der Waals surface area contributed by atoms with Gasteiger partial charge in [0.2, 0.25) is 5.96 Å². The van der Waals surface area contributed by atoms with Gasteiger partial charge in [-0.05, 0) is 112 Å². The smallest absolute Gasteiger partial charge is 0.207 e. The maximum absolute atomic E-state index is 14.2. The Labute approximate surface area is 295 Å². The van der Waals surface area contributed by atoms with Gasteiger partial charge in [-0.25, -0.2) is 0 Å². The summed E-state index contributed by atoms with van der Waals surface area (Å²) in [7, 11) is 6.54. The number of aliphatic hydroxyl groups is 1. The number of rotatable bonds is 10. The fraction of sp³-hybridized carbons (Fsp3) is 0.538. The van der Waals surface area contributed by atoms with Crippen molar-refractivity contribution in [3.63, 3.8) is 0 Å². The number of hydrogen-bond donors (Lipinski definition) is 6. The number of guanidine groups is 1. The molecule has 5 atom stereocenters. The number of carbonyl (C=O) groups is 1. The Bertz CT molecular complexity index is 1630. The summed E-state index contributed by atoms with van der Waals surface area (Å²) >= 11 is 0. The van der Waals surface area contributed by atoms with Crippen molar-refractivity contribution in [3.05, 3.63) is 53.6 Å². The van der Waals surface area contributed by atoms with Crippen molar-refractivity contribution < 1.29 is 34.3 Å². The molecular weight excluding hydrogens is 636 g/mol. The van der Waals surface area contributed by atoms with E-state index in [1.54, 1.807) is 19.2 Å². The first kappa shape index (κ1) is 37.0. The van der Waals surface area contributed by atoms with Crippen LogP contribution >= 0.6 is 0 Å². The lowest BCUT2D eigenvalue weighted by molar-refractivity contribution is -0.125. The number of methoxy groups -OCH3 is 2. The van der Waals surface area contributed by atoms with Crippen LogP contribution in [0.25, 0.3) is 0 Å². The van der Waals surface area contributed by atoms with E-state index >= 15 is 0 Å². The highest BCUT2D eigenvalue weighted by Gasteiger charge is 2.47. The first-order chi connectivity index (χ1) is 24.1. The zero-order valence-electron chi connectivity index (χ0n) is 29.7. The van der Waals surface area contributed by atoms with Gasteiger partial charge in [-0.1, -0.05) is 24.5 Å². The maximum Gasteiger partial charge on any atom is 0.207 e. The molecule has 2 bridgehead atoms. The Morgan fingerprint density at radius 2 is 1.98 bits per heavy atom. The number of ketones is 1. The third-order valence-electron chi connectivity index (χ3n) is 10.6. The molecule has 0 unspecified atom stereocenters. The van der Waals surface area contributed by atoms with E-state index in [0.717, 1.165) is 43.2 Å². The standard InChI is InChI=1S/C39H52N4O7/c1-40-25-38(17-15-28(23-38)22-35(46)49-4)50-33-20-26-9-5-6-12-34(45)39(24-27-13-14-31(44)32(21-27)48-3)16-7-10-29(39)11-8-18-42-37(41-2)43-30(19-26)36(33)47/h6,12-14,19-21,28-29,35,40,44,46-47H,5,7,9-11,15-17,22-25H2,1-4H3,(H2,41,42,43)/b12-6+/t28-,29-,35+,38+,39+/m0/s1. The van der Waals surface area contributed by atoms with Crippen LogP contribution in [0.5, 0.6) is 23.0 Å². The van der Waals surface area contributed by atoms with E-state index in [4.69, 9.17) is 14.2 Å². The average molecular weight is 689 g/mol. The minimum absolute atomic E-state index is 0.0334. The minimum atomic E-state index is -0.827. The Morgan fingerprint density at radius 1 is 1.14 bits per heavy atom. The number of ether oxygens (including phenoxy) is 3. The summed E-state index contributed by atoms with van der Waals surface area (Å²) in [6, 6.07) is 12.1. The first-order valence-corrected chi connectivity index (χ1v) is 17.6. The summed E-state index contributed by atoms with van der Waals surface area (Å²) in [6.45, 7) is 0.572. The highest BCUT2D eigenvalue weighted by molar-refractivity contribution is 5.97. The molecule has 1 aliphatic heterocycles. The van der Waals surface area contributed by atoms with Crippen LogP contribution in [0.3, 0.4) is 0 Å². The largest absolute Gasteiger partial charge is 0.504 e. The van der Waals surface area contributed by atoms with Gasteiger partial charge in [-0.2, -0.15) is 0 Å². The molecule has 50 heavy (non-hydrogen) atoms. The fourth-order valence-corrected chi connectivity index (χ4v) is 8.04. The van der Waals surface area contributed by atoms with Gasteiger partial charge in [0.1, 0.15) is 5.60 Å². The van der Waals surface area contributed by atoms with Crippen molar-refractivity contribution >= 4 is 17.4 Å². The normalized spacial score (nSPS) is 27.4. The molecule has 2 aromatic rings. The number of aryl methyl sites for hydroxylation is 1. The molecule has 2 saturated carbocycles. The molecule has 11 heteroatoms. The Kier molecular flexibility index (Phi) is 12.3. The molecule has 3 aliphatic rings. The van der Waals surface area contributed by atoms with Gasteiger partial charge in [0.15, 0.2) is 35.1 Å². The lowest BCUT2D eigenvalue weighted by Crippen LogP contribution is -2.43. The highest BCUT2D eigenvalue weighted by atomic mass is 16.6. The van der Waals surface area contributed by atoms with Gasteiger partial charge in [0, 0.05) is 45.0 Å². The fourth-order valence-electron chi connectivity index (χ4n) is 8.04. The van der Waals surface area contributed by atoms with E-state index in [1.165, 1.54) is 14.2 Å². The number of allylic oxidation sites excluding steroid dienone is 2. The minimum Gasteiger partial charge on any atom is -0.504 e. The predicted octanol–water partition coefficient (Wildman–Crippen LogP) is 5.04. The number of aromatic hydroxyl groups is 2. The number of carbonyl (C=O) groups excluding carboxylic acids is 1. The number of phenols is 2. The van der Waals surface area contributed by atoms with Crippen molar-refractivity contribution in [2.75, 3.05) is 40.2 Å². The molecule has 0 aromatic heterocycles. The third-order valence-corrected chi connectivity index (χ3v) is 10.6. The second kappa shape index (κ2) is 16.6. The van der Waals surface area contributed by atoms with Crippen LogP contribution < -0.4 is 25.4 Å². The number of phenolic OH excluding ortho intramolecular Hbond substituents is 2. The number of fused-ring (bicyclic) bond motifs is 3. The van der Waals surface area contributed by atoms with Crippen LogP contribution in [0.1, 0.15) is 68.9 Å². The number of aliphatic hydroxyl groups excluding tert-OH is 1. The Morgan fingerprint density at radius 3 is 2.74 bits per heavy atom. The molecule has 11 nitrogen and oxygen atoms in total. The lowest BCUT2D eigenvalue weighted by atomic mass is 9.69. The zero-order valence-corrected chi connectivity index (χ0v) is 29.7. The number of aliphatic imine (C=N–C) groups is 1. The molecule has 2 fully saturated rings. The van der Waals surface area contributed by atoms with Crippen molar-refractivity contribution in [2.45, 2.75) is 82.5 Å². The van der Waals surface area contributed by atoms with E-state index in [-0.39, 0.29) is 29.1 Å². The van der Waals surface area contributed by atoms with Crippen LogP contribution in [0.4, 0.5) is 5.69 Å². The molecule has 2 aliphatic carbocycles. The number of hydrogen-bond acceptors (Lipinski definition) is 9. The van der Waals surface area contributed by atoms with Crippen LogP contribution in [0.2, 0.25) is 0 Å². The van der Waals surface area contributed by atoms with Crippen molar-refractivity contribution in [2.24, 2.45) is 22.2 Å². The molecule has 0 radical (unpaired) electrons. The summed E-state index contributed by atoms with van der Waals surface area (Å²) in [5.74, 6) is 4.73. The topological polar surface area (TPSA) is 154 Å². The quantitative estimate of drug-likeness (QED) is 0.114. The van der Waals surface area contributed by atoms with Gasteiger partial charge < -0.3 is 40.2 Å². The molecular formula is C39H52N4O7. The highest BCUT2D eigenvalue weighted by Crippen LogP contribution is 2.49. The molecule has 0 spiro atoms. The number of likely N-dealkylation sites (N-methyl/N-ethyl adjacent to an activating group) is 1. The number of anilines is 1. The van der Waals surface area contributed by atoms with E-state index in [1.807, 2.05) is 37.4 Å². The summed E-state index contributed by atoms with van der Waals surface area (Å²) in [5, 5.41) is 41.3. The summed E-state index contributed by atoms with van der Waals surface area (Å²) in [6.07, 6.45) is 10.5. The second-order valence-corrected chi connectivity index (χ2v) is 13.9. The first-order valence-electron chi connectivity index (χ1n) is 17.6. The van der Waals surface area contributed by atoms with Gasteiger partial charge in [-0.3, -0.25) is 15.1 Å². The average Bonchev–Trinajstić information content (AvgIpc) is 3.70. The van der Waals surface area contributed by atoms with Crippen LogP contribution in [-0.4, -0.2) is 73.8 Å². The SMILES string of the molecule is CN=C1NC#CC[C@@H]2CCC[C@]2(Cc2ccc(O)c(OC)c2)C(=O)/C=C/CCc2cc(c(O)c(O[C@]3(CNC)CC[C@@H](C[C@H](O)OC)C3)c2)N1. The molecule has 0 amide bonds. The molecule has 2 aromatic carbocycles. The zero-order chi connectivity index (χ0) is 35.7. The Hall–Kier alpha value is -4.24. The van der Waals surface area contributed by atoms with Crippen LogP contribution in [-0.2, 0) is 22.4 Å². The molecule has 6 N–H and O–H groups in total. The summed E-state index contributed by atoms with van der Waals surface area (Å²) in [5.41, 5.74) is 1.07. The lowest BCUT2D eigenvalue weighted by Gasteiger charge is -2.33. The number of nitrogens with zero attached hydrogens (tertiary/aromatic N) is 1. The monoisotopic (exact) mass is 688 g/mol. The number of nitrogens with one attached hydrogen (secondary N) is 3. The van der Waals surface area contributed by atoms with E-state index in [0.29, 0.717) is 68.2 Å². The molecule has 0 saturated heterocycles. The van der Waals surface area contributed by atoms with E-state index < -0.39 is 17.3 Å². The number of benzene rings is 2. The maximum atomic E-state index is 14.2. The van der Waals surface area contributed by atoms with Crippen LogP contribution in [0.15, 0.2) is 47.5 Å². The molecule has 5 rings (SSSR count). The summed E-state index contributed by atoms with van der Waals surface area (Å²) in [4.78, 5) is 18.5. The third kappa shape index (κ3) is 8.55. The van der Waals surface area contributed by atoms with E-state index in [2.05, 4.69) is 32.9 Å². The van der Waals surface area contributed by atoms with Gasteiger partial charge >= 0.3 is 0 Å². The van der Waals surface area contributed by atoms with Crippen LogP contribution in [0, 0.1) is 29.2 Å². The Balaban J connectivity index is 1.44. The van der Waals surface area contributed by atoms with Crippen molar-refractivity contribution in [1.82, 2.24) is 10.6 Å².